The van der Waals surface area contributed by atoms with Gasteiger partial charge in [0.05, 0.1) is 18.5 Å². The van der Waals surface area contributed by atoms with Crippen molar-refractivity contribution < 1.29 is 18.4 Å². The van der Waals surface area contributed by atoms with Gasteiger partial charge in [0.25, 0.3) is 5.91 Å². The van der Waals surface area contributed by atoms with Crippen molar-refractivity contribution in [2.24, 2.45) is 0 Å². The molecule has 25 heavy (non-hydrogen) atoms. The molecule has 1 aliphatic rings. The lowest BCUT2D eigenvalue weighted by molar-refractivity contribution is -0.117. The summed E-state index contributed by atoms with van der Waals surface area (Å²) in [6, 6.07) is 7.29. The fourth-order valence-corrected chi connectivity index (χ4v) is 2.82. The van der Waals surface area contributed by atoms with Gasteiger partial charge >= 0.3 is 0 Å². The van der Waals surface area contributed by atoms with Crippen LogP contribution in [0.3, 0.4) is 0 Å². The van der Waals surface area contributed by atoms with Crippen LogP contribution < -0.4 is 5.32 Å². The Kier molecular flexibility index (Phi) is 5.35. The molecule has 0 radical (unpaired) electrons. The molecule has 6 nitrogen and oxygen atoms in total. The van der Waals surface area contributed by atoms with Gasteiger partial charge in [-0.3, -0.25) is 14.5 Å². The fraction of sp³-hybridized carbons (Fsp3) is 0.294. The maximum absolute atomic E-state index is 13.6. The SMILES string of the molecule is O=C(CN1CCN(C(=O)c2ccco2)CC1)Nc1cc(Cl)ccc1F. The molecule has 132 valence electrons. The zero-order valence-electron chi connectivity index (χ0n) is 13.4. The summed E-state index contributed by atoms with van der Waals surface area (Å²) < 4.78 is 18.8. The minimum absolute atomic E-state index is 0.0594. The highest BCUT2D eigenvalue weighted by atomic mass is 35.5. The minimum Gasteiger partial charge on any atom is -0.459 e. The normalized spacial score (nSPS) is 15.2. The second-order valence-electron chi connectivity index (χ2n) is 5.72. The van der Waals surface area contributed by atoms with E-state index in [2.05, 4.69) is 5.32 Å². The number of hydrogen-bond acceptors (Lipinski definition) is 4. The first-order chi connectivity index (χ1) is 12.0. The van der Waals surface area contributed by atoms with Gasteiger partial charge in [-0.25, -0.2) is 4.39 Å². The van der Waals surface area contributed by atoms with Crippen molar-refractivity contribution in [1.29, 1.82) is 0 Å². The van der Waals surface area contributed by atoms with Crippen molar-refractivity contribution in [2.45, 2.75) is 0 Å². The van der Waals surface area contributed by atoms with Gasteiger partial charge in [0.2, 0.25) is 5.91 Å². The predicted molar refractivity (Wildman–Crippen MR) is 91.1 cm³/mol. The van der Waals surface area contributed by atoms with Crippen LogP contribution in [0.2, 0.25) is 5.02 Å². The highest BCUT2D eigenvalue weighted by Gasteiger charge is 2.24. The van der Waals surface area contributed by atoms with E-state index in [1.807, 2.05) is 4.90 Å². The van der Waals surface area contributed by atoms with Crippen molar-refractivity contribution in [2.75, 3.05) is 38.0 Å². The molecule has 1 N–H and O–H groups in total. The highest BCUT2D eigenvalue weighted by molar-refractivity contribution is 6.30. The standard InChI is InChI=1S/C17H17ClFN3O3/c18-12-3-4-13(19)14(10-12)20-16(23)11-21-5-7-22(8-6-21)17(24)15-2-1-9-25-15/h1-4,9-10H,5-8,11H2,(H,20,23). The van der Waals surface area contributed by atoms with Crippen molar-refractivity contribution in [3.05, 3.63) is 53.2 Å². The van der Waals surface area contributed by atoms with Crippen molar-refractivity contribution >= 4 is 29.1 Å². The Morgan fingerprint density at radius 1 is 1.20 bits per heavy atom. The summed E-state index contributed by atoms with van der Waals surface area (Å²) in [7, 11) is 0. The highest BCUT2D eigenvalue weighted by Crippen LogP contribution is 2.19. The number of nitrogens with one attached hydrogen (secondary N) is 1. The van der Waals surface area contributed by atoms with Crippen LogP contribution in [0.4, 0.5) is 10.1 Å². The van der Waals surface area contributed by atoms with Gasteiger partial charge in [0.1, 0.15) is 5.82 Å². The number of hydrogen-bond donors (Lipinski definition) is 1. The number of benzene rings is 1. The number of halogens is 2. The lowest BCUT2D eigenvalue weighted by atomic mass is 10.2. The molecule has 2 heterocycles. The molecule has 1 aromatic heterocycles. The van der Waals surface area contributed by atoms with Crippen LogP contribution in [-0.4, -0.2) is 54.3 Å². The molecular formula is C17H17ClFN3O3. The molecule has 8 heteroatoms. The van der Waals surface area contributed by atoms with E-state index in [1.165, 1.54) is 24.5 Å². The zero-order chi connectivity index (χ0) is 17.8. The van der Waals surface area contributed by atoms with Crippen molar-refractivity contribution in [3.8, 4) is 0 Å². The average molecular weight is 366 g/mol. The first-order valence-electron chi connectivity index (χ1n) is 7.83. The third-order valence-electron chi connectivity index (χ3n) is 3.96. The molecular weight excluding hydrogens is 349 g/mol. The lowest BCUT2D eigenvalue weighted by Crippen LogP contribution is -2.50. The number of amides is 2. The molecule has 1 saturated heterocycles. The van der Waals surface area contributed by atoms with E-state index in [4.69, 9.17) is 16.0 Å². The Morgan fingerprint density at radius 2 is 1.96 bits per heavy atom. The first kappa shape index (κ1) is 17.4. The zero-order valence-corrected chi connectivity index (χ0v) is 14.1. The number of furan rings is 1. The summed E-state index contributed by atoms with van der Waals surface area (Å²) >= 11 is 5.81. The van der Waals surface area contributed by atoms with E-state index in [9.17, 15) is 14.0 Å². The molecule has 1 aliphatic heterocycles. The molecule has 0 saturated carbocycles. The van der Waals surface area contributed by atoms with E-state index in [0.29, 0.717) is 37.0 Å². The maximum atomic E-state index is 13.6. The quantitative estimate of drug-likeness (QED) is 0.904. The molecule has 3 rings (SSSR count). The molecule has 1 fully saturated rings. The van der Waals surface area contributed by atoms with Crippen LogP contribution in [0.5, 0.6) is 0 Å². The lowest BCUT2D eigenvalue weighted by Gasteiger charge is -2.33. The van der Waals surface area contributed by atoms with Crippen molar-refractivity contribution in [1.82, 2.24) is 9.80 Å². The second-order valence-corrected chi connectivity index (χ2v) is 6.15. The van der Waals surface area contributed by atoms with Crippen LogP contribution in [-0.2, 0) is 4.79 Å². The number of anilines is 1. The summed E-state index contributed by atoms with van der Waals surface area (Å²) in [5, 5.41) is 2.87. The van der Waals surface area contributed by atoms with E-state index in [0.717, 1.165) is 0 Å². The summed E-state index contributed by atoms with van der Waals surface area (Å²) in [4.78, 5) is 27.9. The van der Waals surface area contributed by atoms with Crippen LogP contribution in [0, 0.1) is 5.82 Å². The Labute approximate surface area is 149 Å². The Hall–Kier alpha value is -2.38. The average Bonchev–Trinajstić information content (AvgIpc) is 3.13. The monoisotopic (exact) mass is 365 g/mol. The van der Waals surface area contributed by atoms with E-state index < -0.39 is 5.82 Å². The molecule has 0 spiro atoms. The van der Waals surface area contributed by atoms with Gasteiger partial charge in [-0.1, -0.05) is 11.6 Å². The van der Waals surface area contributed by atoms with Gasteiger partial charge in [0, 0.05) is 31.2 Å². The van der Waals surface area contributed by atoms with E-state index in [1.54, 1.807) is 17.0 Å². The number of rotatable bonds is 4. The molecule has 2 amide bonds. The van der Waals surface area contributed by atoms with Crippen LogP contribution in [0.1, 0.15) is 10.6 Å². The molecule has 0 bridgehead atoms. The molecule has 1 aromatic carbocycles. The topological polar surface area (TPSA) is 65.8 Å². The molecule has 0 aliphatic carbocycles. The summed E-state index contributed by atoms with van der Waals surface area (Å²) in [5.74, 6) is -0.712. The number of carbonyl (C=O) groups is 2. The van der Waals surface area contributed by atoms with Crippen LogP contribution >= 0.6 is 11.6 Å². The van der Waals surface area contributed by atoms with Crippen molar-refractivity contribution in [3.63, 3.8) is 0 Å². The first-order valence-corrected chi connectivity index (χ1v) is 8.21. The van der Waals surface area contributed by atoms with Gasteiger partial charge < -0.3 is 14.6 Å². The summed E-state index contributed by atoms with van der Waals surface area (Å²) in [5.41, 5.74) is 0.0594. The number of nitrogens with zero attached hydrogens (tertiary/aromatic N) is 2. The summed E-state index contributed by atoms with van der Waals surface area (Å²) in [6.07, 6.45) is 1.46. The smallest absolute Gasteiger partial charge is 0.289 e. The third kappa shape index (κ3) is 4.37. The maximum Gasteiger partial charge on any atom is 0.289 e. The minimum atomic E-state index is -0.536. The summed E-state index contributed by atoms with van der Waals surface area (Å²) in [6.45, 7) is 2.22. The Morgan fingerprint density at radius 3 is 2.64 bits per heavy atom. The number of carbonyl (C=O) groups excluding carboxylic acids is 2. The molecule has 2 aromatic rings. The predicted octanol–water partition coefficient (Wildman–Crippen LogP) is 2.47. The largest absolute Gasteiger partial charge is 0.459 e. The Bertz CT molecular complexity index is 759. The van der Waals surface area contributed by atoms with E-state index >= 15 is 0 Å². The second kappa shape index (κ2) is 7.67. The third-order valence-corrected chi connectivity index (χ3v) is 4.20. The van der Waals surface area contributed by atoms with Gasteiger partial charge in [0.15, 0.2) is 5.76 Å². The fourth-order valence-electron chi connectivity index (χ4n) is 2.65. The van der Waals surface area contributed by atoms with Gasteiger partial charge in [-0.05, 0) is 30.3 Å². The molecule has 0 unspecified atom stereocenters. The van der Waals surface area contributed by atoms with Crippen LogP contribution in [0.25, 0.3) is 0 Å². The van der Waals surface area contributed by atoms with Gasteiger partial charge in [-0.15, -0.1) is 0 Å². The Balaban J connectivity index is 1.49. The van der Waals surface area contributed by atoms with Gasteiger partial charge in [-0.2, -0.15) is 0 Å². The number of piperazine rings is 1. The van der Waals surface area contributed by atoms with Crippen LogP contribution in [0.15, 0.2) is 41.0 Å². The molecule has 0 atom stereocenters. The van der Waals surface area contributed by atoms with E-state index in [-0.39, 0.29) is 24.0 Å².